The summed E-state index contributed by atoms with van der Waals surface area (Å²) in [6.07, 6.45) is 2.02. The van der Waals surface area contributed by atoms with Gasteiger partial charge in [-0.05, 0) is 72.2 Å². The number of nitrogens with zero attached hydrogens (tertiary/aromatic N) is 1. The quantitative estimate of drug-likeness (QED) is 0.759. The molecular weight excluding hydrogens is 352 g/mol. The molecule has 4 rings (SSSR count). The Kier molecular flexibility index (Phi) is 4.90. The summed E-state index contributed by atoms with van der Waals surface area (Å²) < 4.78 is 5.25. The lowest BCUT2D eigenvalue weighted by Gasteiger charge is -2.29. The molecule has 1 N–H and O–H groups in total. The molecule has 1 amide bonds. The Bertz CT molecular complexity index is 1100. The number of aromatic nitrogens is 1. The fraction of sp³-hybridized carbons (Fsp3) is 0.304. The predicted molar refractivity (Wildman–Crippen MR) is 110 cm³/mol. The smallest absolute Gasteiger partial charge is 0.251 e. The van der Waals surface area contributed by atoms with Gasteiger partial charge in [0, 0.05) is 30.6 Å². The van der Waals surface area contributed by atoms with Gasteiger partial charge in [-0.1, -0.05) is 12.1 Å². The van der Waals surface area contributed by atoms with Gasteiger partial charge in [0.2, 0.25) is 5.91 Å². The molecule has 0 radical (unpaired) electrons. The average Bonchev–Trinajstić information content (AvgIpc) is 2.71. The van der Waals surface area contributed by atoms with Crippen LogP contribution >= 0.6 is 0 Å². The minimum absolute atomic E-state index is 0.0607. The van der Waals surface area contributed by atoms with Gasteiger partial charge in [0.1, 0.15) is 5.75 Å². The van der Waals surface area contributed by atoms with Crippen LogP contribution in [0.5, 0.6) is 5.75 Å². The summed E-state index contributed by atoms with van der Waals surface area (Å²) >= 11 is 0. The minimum atomic E-state index is -0.0607. The van der Waals surface area contributed by atoms with Crippen molar-refractivity contribution in [3.63, 3.8) is 0 Å². The van der Waals surface area contributed by atoms with Gasteiger partial charge in [0.15, 0.2) is 0 Å². The van der Waals surface area contributed by atoms with E-state index >= 15 is 0 Å². The fourth-order valence-electron chi connectivity index (χ4n) is 3.83. The first-order valence-electron chi connectivity index (χ1n) is 9.59. The molecule has 5 nitrogen and oxygen atoms in total. The highest BCUT2D eigenvalue weighted by molar-refractivity contribution is 5.82. The molecule has 0 spiro atoms. The van der Waals surface area contributed by atoms with Crippen LogP contribution in [0.3, 0.4) is 0 Å². The van der Waals surface area contributed by atoms with E-state index in [4.69, 9.17) is 4.74 Å². The number of ether oxygens (including phenoxy) is 1. The molecule has 0 bridgehead atoms. The van der Waals surface area contributed by atoms with Gasteiger partial charge < -0.3 is 14.6 Å². The molecule has 1 aliphatic heterocycles. The van der Waals surface area contributed by atoms with Crippen molar-refractivity contribution in [3.05, 3.63) is 75.1 Å². The largest absolute Gasteiger partial charge is 0.497 e. The highest BCUT2D eigenvalue weighted by atomic mass is 16.5. The Balaban J connectivity index is 1.48. The summed E-state index contributed by atoms with van der Waals surface area (Å²) in [5, 5.41) is 1.05. The topological polar surface area (TPSA) is 62.4 Å². The van der Waals surface area contributed by atoms with Crippen LogP contribution in [0.2, 0.25) is 0 Å². The van der Waals surface area contributed by atoms with E-state index in [1.165, 1.54) is 5.56 Å². The first-order valence-corrected chi connectivity index (χ1v) is 9.59. The lowest BCUT2D eigenvalue weighted by atomic mass is 9.96. The number of benzene rings is 2. The fourth-order valence-corrected chi connectivity index (χ4v) is 3.83. The number of carbonyl (C=O) groups is 1. The molecule has 0 fully saturated rings. The number of hydrogen-bond donors (Lipinski definition) is 1. The van der Waals surface area contributed by atoms with Gasteiger partial charge in [0.05, 0.1) is 7.11 Å². The van der Waals surface area contributed by atoms with E-state index in [0.29, 0.717) is 19.4 Å². The molecule has 1 aliphatic rings. The van der Waals surface area contributed by atoms with E-state index < -0.39 is 0 Å². The zero-order valence-corrected chi connectivity index (χ0v) is 16.2. The molecule has 0 aliphatic carbocycles. The van der Waals surface area contributed by atoms with Gasteiger partial charge in [0.25, 0.3) is 5.56 Å². The maximum atomic E-state index is 12.7. The van der Waals surface area contributed by atoms with E-state index in [9.17, 15) is 9.59 Å². The predicted octanol–water partition coefficient (Wildman–Crippen LogP) is 3.36. The van der Waals surface area contributed by atoms with Gasteiger partial charge in [-0.25, -0.2) is 0 Å². The summed E-state index contributed by atoms with van der Waals surface area (Å²) in [7, 11) is 1.65. The number of amides is 1. The van der Waals surface area contributed by atoms with Gasteiger partial charge >= 0.3 is 0 Å². The SMILES string of the molecule is COc1cccc(CCC(=O)N2CCc3cc4cc(C)c(=O)[nH]c4cc3C2)c1. The number of aromatic amines is 1. The van der Waals surface area contributed by atoms with Crippen LogP contribution in [-0.2, 0) is 24.2 Å². The lowest BCUT2D eigenvalue weighted by Crippen LogP contribution is -2.36. The van der Waals surface area contributed by atoms with E-state index in [1.54, 1.807) is 7.11 Å². The number of methoxy groups -OCH3 is 1. The molecule has 2 aromatic carbocycles. The summed E-state index contributed by atoms with van der Waals surface area (Å²) in [6, 6.07) is 13.9. The van der Waals surface area contributed by atoms with E-state index in [2.05, 4.69) is 11.1 Å². The van der Waals surface area contributed by atoms with Crippen molar-refractivity contribution in [2.45, 2.75) is 32.7 Å². The third-order valence-corrected chi connectivity index (χ3v) is 5.48. The standard InChI is InChI=1S/C23H24N2O3/c1-15-10-18-12-17-8-9-25(14-19(17)13-21(18)24-23(15)27)22(26)7-6-16-4-3-5-20(11-16)28-2/h3-5,10-13H,6-9,14H2,1-2H3,(H,24,27). The molecule has 0 saturated carbocycles. The maximum Gasteiger partial charge on any atom is 0.251 e. The van der Waals surface area contributed by atoms with Crippen LogP contribution in [0.15, 0.2) is 47.3 Å². The van der Waals surface area contributed by atoms with Crippen LogP contribution in [0.1, 0.15) is 28.7 Å². The van der Waals surface area contributed by atoms with E-state index in [-0.39, 0.29) is 11.5 Å². The number of H-pyrrole nitrogens is 1. The molecular formula is C23H24N2O3. The van der Waals surface area contributed by atoms with Crippen molar-refractivity contribution in [1.29, 1.82) is 0 Å². The second-order valence-corrected chi connectivity index (χ2v) is 7.41. The Hall–Kier alpha value is -3.08. The highest BCUT2D eigenvalue weighted by Crippen LogP contribution is 2.25. The van der Waals surface area contributed by atoms with Crippen molar-refractivity contribution >= 4 is 16.8 Å². The number of carbonyl (C=O) groups excluding carboxylic acids is 1. The molecule has 0 atom stereocenters. The zero-order valence-electron chi connectivity index (χ0n) is 16.2. The molecule has 144 valence electrons. The second-order valence-electron chi connectivity index (χ2n) is 7.41. The lowest BCUT2D eigenvalue weighted by molar-refractivity contribution is -0.132. The molecule has 28 heavy (non-hydrogen) atoms. The number of hydrogen-bond acceptors (Lipinski definition) is 3. The first-order chi connectivity index (χ1) is 13.5. The van der Waals surface area contributed by atoms with Crippen molar-refractivity contribution < 1.29 is 9.53 Å². The Labute approximate surface area is 163 Å². The van der Waals surface area contributed by atoms with Crippen LogP contribution in [-0.4, -0.2) is 29.4 Å². The van der Waals surface area contributed by atoms with Crippen LogP contribution in [0.4, 0.5) is 0 Å². The maximum absolute atomic E-state index is 12.7. The number of fused-ring (bicyclic) bond motifs is 2. The van der Waals surface area contributed by atoms with Crippen molar-refractivity contribution in [3.8, 4) is 5.75 Å². The molecule has 0 unspecified atom stereocenters. The third-order valence-electron chi connectivity index (χ3n) is 5.48. The zero-order chi connectivity index (χ0) is 19.7. The van der Waals surface area contributed by atoms with Crippen LogP contribution in [0, 0.1) is 6.92 Å². The van der Waals surface area contributed by atoms with Crippen LogP contribution in [0.25, 0.3) is 10.9 Å². The molecule has 2 heterocycles. The molecule has 1 aromatic heterocycles. The molecule has 5 heteroatoms. The summed E-state index contributed by atoms with van der Waals surface area (Å²) in [5.74, 6) is 0.971. The number of aryl methyl sites for hydroxylation is 2. The van der Waals surface area contributed by atoms with E-state index in [0.717, 1.165) is 46.3 Å². The highest BCUT2D eigenvalue weighted by Gasteiger charge is 2.21. The second kappa shape index (κ2) is 7.50. The normalized spacial score (nSPS) is 13.4. The Morgan fingerprint density at radius 3 is 2.86 bits per heavy atom. The summed E-state index contributed by atoms with van der Waals surface area (Å²) in [4.78, 5) is 29.5. The Morgan fingerprint density at radius 2 is 2.04 bits per heavy atom. The van der Waals surface area contributed by atoms with Crippen LogP contribution < -0.4 is 10.3 Å². The van der Waals surface area contributed by atoms with Gasteiger partial charge in [-0.3, -0.25) is 9.59 Å². The van der Waals surface area contributed by atoms with Crippen molar-refractivity contribution in [1.82, 2.24) is 9.88 Å². The minimum Gasteiger partial charge on any atom is -0.497 e. The van der Waals surface area contributed by atoms with E-state index in [1.807, 2.05) is 48.2 Å². The van der Waals surface area contributed by atoms with Crippen molar-refractivity contribution in [2.75, 3.05) is 13.7 Å². The summed E-state index contributed by atoms with van der Waals surface area (Å²) in [6.45, 7) is 3.15. The summed E-state index contributed by atoms with van der Waals surface area (Å²) in [5.41, 5.74) is 4.97. The van der Waals surface area contributed by atoms with Gasteiger partial charge in [-0.2, -0.15) is 0 Å². The number of nitrogens with one attached hydrogen (secondary N) is 1. The number of rotatable bonds is 4. The Morgan fingerprint density at radius 1 is 1.18 bits per heavy atom. The molecule has 0 saturated heterocycles. The average molecular weight is 376 g/mol. The molecule has 3 aromatic rings. The third kappa shape index (κ3) is 3.65. The van der Waals surface area contributed by atoms with Crippen molar-refractivity contribution in [2.24, 2.45) is 0 Å². The monoisotopic (exact) mass is 376 g/mol. The number of pyridine rings is 1. The van der Waals surface area contributed by atoms with Gasteiger partial charge in [-0.15, -0.1) is 0 Å². The first kappa shape index (κ1) is 18.3.